The fourth-order valence-electron chi connectivity index (χ4n) is 3.47. The largest absolute Gasteiger partial charge is 0.486 e. The monoisotopic (exact) mass is 431 g/mol. The Hall–Kier alpha value is -2.78. The van der Waals surface area contributed by atoms with Gasteiger partial charge in [-0.25, -0.2) is 13.2 Å². The summed E-state index contributed by atoms with van der Waals surface area (Å²) in [5.74, 6) is 1.36. The van der Waals surface area contributed by atoms with Crippen LogP contribution in [0.2, 0.25) is 0 Å². The third kappa shape index (κ3) is 4.36. The van der Waals surface area contributed by atoms with E-state index in [4.69, 9.17) is 9.47 Å². The Morgan fingerprint density at radius 2 is 1.70 bits per heavy atom. The fraction of sp³-hybridized carbons (Fsp3) is 0.381. The Morgan fingerprint density at radius 3 is 2.40 bits per heavy atom. The van der Waals surface area contributed by atoms with E-state index in [1.54, 1.807) is 29.2 Å². The van der Waals surface area contributed by atoms with Crippen molar-refractivity contribution >= 4 is 16.1 Å². The highest BCUT2D eigenvalue weighted by atomic mass is 32.2. The summed E-state index contributed by atoms with van der Waals surface area (Å²) in [7, 11) is -3.55. The number of ether oxygens (including phenoxy) is 2. The smallest absolute Gasteiger partial charge is 0.317 e. The molecular formula is C21H25N3O5S. The second-order valence-corrected chi connectivity index (χ2v) is 9.33. The second-order valence-electron chi connectivity index (χ2n) is 7.39. The van der Waals surface area contributed by atoms with Gasteiger partial charge in [-0.05, 0) is 31.2 Å². The molecule has 2 amide bonds. The SMILES string of the molecule is Cc1ccc(S(=O)(=O)N2CCN(C(=O)NCC3COc4ccccc4O3)CC2)cc1. The number of para-hydroxylation sites is 2. The first-order valence-corrected chi connectivity index (χ1v) is 11.4. The van der Waals surface area contributed by atoms with Crippen LogP contribution in [0.4, 0.5) is 4.79 Å². The lowest BCUT2D eigenvalue weighted by Gasteiger charge is -2.34. The van der Waals surface area contributed by atoms with Crippen molar-refractivity contribution in [2.45, 2.75) is 17.9 Å². The van der Waals surface area contributed by atoms with Crippen LogP contribution in [0.15, 0.2) is 53.4 Å². The maximum Gasteiger partial charge on any atom is 0.317 e. The maximum absolute atomic E-state index is 12.8. The van der Waals surface area contributed by atoms with Gasteiger partial charge in [0.15, 0.2) is 17.6 Å². The van der Waals surface area contributed by atoms with E-state index in [1.165, 1.54) is 4.31 Å². The van der Waals surface area contributed by atoms with Crippen LogP contribution in [-0.4, -0.2) is 69.1 Å². The van der Waals surface area contributed by atoms with Crippen molar-refractivity contribution in [1.82, 2.24) is 14.5 Å². The fourth-order valence-corrected chi connectivity index (χ4v) is 4.89. The zero-order valence-corrected chi connectivity index (χ0v) is 17.6. The number of aryl methyl sites for hydroxylation is 1. The molecule has 4 rings (SSSR count). The first-order chi connectivity index (χ1) is 14.4. The van der Waals surface area contributed by atoms with Crippen molar-refractivity contribution < 1.29 is 22.7 Å². The first-order valence-electron chi connectivity index (χ1n) is 9.91. The molecule has 1 N–H and O–H groups in total. The molecule has 0 aromatic heterocycles. The lowest BCUT2D eigenvalue weighted by molar-refractivity contribution is 0.0893. The van der Waals surface area contributed by atoms with E-state index in [9.17, 15) is 13.2 Å². The molecule has 2 aliphatic heterocycles. The van der Waals surface area contributed by atoms with E-state index in [1.807, 2.05) is 31.2 Å². The van der Waals surface area contributed by atoms with Crippen LogP contribution in [0.5, 0.6) is 11.5 Å². The highest BCUT2D eigenvalue weighted by molar-refractivity contribution is 7.89. The lowest BCUT2D eigenvalue weighted by Crippen LogP contribution is -2.54. The van der Waals surface area contributed by atoms with Gasteiger partial charge in [0.25, 0.3) is 0 Å². The van der Waals surface area contributed by atoms with Gasteiger partial charge in [-0.3, -0.25) is 0 Å². The summed E-state index contributed by atoms with van der Waals surface area (Å²) >= 11 is 0. The van der Waals surface area contributed by atoms with E-state index in [-0.39, 0.29) is 30.1 Å². The van der Waals surface area contributed by atoms with E-state index in [0.717, 1.165) is 5.56 Å². The summed E-state index contributed by atoms with van der Waals surface area (Å²) in [5, 5.41) is 2.86. The van der Waals surface area contributed by atoms with E-state index >= 15 is 0 Å². The van der Waals surface area contributed by atoms with Gasteiger partial charge in [-0.1, -0.05) is 29.8 Å². The molecule has 2 aromatic rings. The molecule has 2 heterocycles. The van der Waals surface area contributed by atoms with Gasteiger partial charge in [-0.15, -0.1) is 0 Å². The summed E-state index contributed by atoms with van der Waals surface area (Å²) < 4.78 is 38.5. The Balaban J connectivity index is 1.27. The van der Waals surface area contributed by atoms with Crippen LogP contribution in [-0.2, 0) is 10.0 Å². The molecule has 0 radical (unpaired) electrons. The number of hydrogen-bond acceptors (Lipinski definition) is 5. The van der Waals surface area contributed by atoms with E-state index in [2.05, 4.69) is 5.32 Å². The predicted molar refractivity (Wildman–Crippen MR) is 111 cm³/mol. The summed E-state index contributed by atoms with van der Waals surface area (Å²) in [6, 6.07) is 14.0. The van der Waals surface area contributed by atoms with Crippen LogP contribution in [0.1, 0.15) is 5.56 Å². The van der Waals surface area contributed by atoms with E-state index < -0.39 is 10.0 Å². The summed E-state index contributed by atoms with van der Waals surface area (Å²) in [6.07, 6.45) is -0.271. The average Bonchev–Trinajstić information content (AvgIpc) is 2.77. The van der Waals surface area contributed by atoms with Crippen LogP contribution in [0, 0.1) is 6.92 Å². The molecule has 0 spiro atoms. The van der Waals surface area contributed by atoms with Crippen molar-refractivity contribution in [2.75, 3.05) is 39.3 Å². The molecule has 0 aliphatic carbocycles. The number of fused-ring (bicyclic) bond motifs is 1. The molecular weight excluding hydrogens is 406 g/mol. The number of piperazine rings is 1. The van der Waals surface area contributed by atoms with Gasteiger partial charge in [0, 0.05) is 26.2 Å². The van der Waals surface area contributed by atoms with Gasteiger partial charge in [0.2, 0.25) is 10.0 Å². The standard InChI is InChI=1S/C21H25N3O5S/c1-16-6-8-18(9-7-16)30(26,27)24-12-10-23(11-13-24)21(25)22-14-17-15-28-19-4-2-3-5-20(19)29-17/h2-9,17H,10-15H2,1H3,(H,22,25). The van der Waals surface area contributed by atoms with Crippen LogP contribution in [0.25, 0.3) is 0 Å². The highest BCUT2D eigenvalue weighted by Crippen LogP contribution is 2.30. The lowest BCUT2D eigenvalue weighted by atomic mass is 10.2. The summed E-state index contributed by atoms with van der Waals surface area (Å²) in [6.45, 7) is 3.79. The third-order valence-electron chi connectivity index (χ3n) is 5.23. The topological polar surface area (TPSA) is 88.2 Å². The minimum Gasteiger partial charge on any atom is -0.486 e. The zero-order chi connectivity index (χ0) is 21.1. The zero-order valence-electron chi connectivity index (χ0n) is 16.8. The van der Waals surface area contributed by atoms with Gasteiger partial charge in [0.1, 0.15) is 6.61 Å². The average molecular weight is 432 g/mol. The van der Waals surface area contributed by atoms with Crippen molar-refractivity contribution in [3.05, 3.63) is 54.1 Å². The molecule has 0 saturated carbocycles. The van der Waals surface area contributed by atoms with Gasteiger partial charge >= 0.3 is 6.03 Å². The number of hydrogen-bond donors (Lipinski definition) is 1. The van der Waals surface area contributed by atoms with Gasteiger partial charge < -0.3 is 19.7 Å². The number of benzene rings is 2. The Bertz CT molecular complexity index is 1000. The van der Waals surface area contributed by atoms with Gasteiger partial charge in [-0.2, -0.15) is 4.31 Å². The quantitative estimate of drug-likeness (QED) is 0.798. The number of carbonyl (C=O) groups is 1. The molecule has 30 heavy (non-hydrogen) atoms. The first kappa shape index (κ1) is 20.5. The third-order valence-corrected chi connectivity index (χ3v) is 7.15. The van der Waals surface area contributed by atoms with Crippen molar-refractivity contribution in [1.29, 1.82) is 0 Å². The van der Waals surface area contributed by atoms with Crippen LogP contribution >= 0.6 is 0 Å². The minimum atomic E-state index is -3.55. The number of nitrogens with zero attached hydrogens (tertiary/aromatic N) is 2. The number of urea groups is 1. The summed E-state index contributed by atoms with van der Waals surface area (Å²) in [5.41, 5.74) is 1.01. The predicted octanol–water partition coefficient (Wildman–Crippen LogP) is 1.85. The van der Waals surface area contributed by atoms with Crippen molar-refractivity contribution in [3.8, 4) is 11.5 Å². The molecule has 1 fully saturated rings. The number of amides is 2. The Labute approximate surface area is 176 Å². The maximum atomic E-state index is 12.8. The van der Waals surface area contributed by atoms with Crippen LogP contribution < -0.4 is 14.8 Å². The van der Waals surface area contributed by atoms with E-state index in [0.29, 0.717) is 37.7 Å². The Kier molecular flexibility index (Phi) is 5.83. The molecule has 1 atom stereocenters. The molecule has 8 nitrogen and oxygen atoms in total. The highest BCUT2D eigenvalue weighted by Gasteiger charge is 2.30. The molecule has 1 unspecified atom stereocenters. The number of rotatable bonds is 4. The molecule has 2 aromatic carbocycles. The van der Waals surface area contributed by atoms with Crippen LogP contribution in [0.3, 0.4) is 0 Å². The molecule has 0 bridgehead atoms. The normalized spacial score (nSPS) is 19.4. The number of nitrogens with one attached hydrogen (secondary N) is 1. The molecule has 1 saturated heterocycles. The van der Waals surface area contributed by atoms with Crippen molar-refractivity contribution in [2.24, 2.45) is 0 Å². The molecule has 2 aliphatic rings. The number of sulfonamides is 1. The number of carbonyl (C=O) groups excluding carboxylic acids is 1. The van der Waals surface area contributed by atoms with Crippen molar-refractivity contribution in [3.63, 3.8) is 0 Å². The molecule has 9 heteroatoms. The summed E-state index contributed by atoms with van der Waals surface area (Å²) in [4.78, 5) is 14.4. The molecule has 160 valence electrons. The Morgan fingerprint density at radius 1 is 1.03 bits per heavy atom. The van der Waals surface area contributed by atoms with Gasteiger partial charge in [0.05, 0.1) is 11.4 Å². The second kappa shape index (κ2) is 8.53. The minimum absolute atomic E-state index is 0.232.